The van der Waals surface area contributed by atoms with Gasteiger partial charge in [-0.2, -0.15) is 0 Å². The number of alkyl carbamates (subject to hydrolysis) is 1. The standard InChI is InChI=1S/C14H25N3O3/c1-2-20-14(19)16-12-4-3-7-17(10-12)13(18)8-11-5-6-15-9-11/h11-12,15H,2-10H2,1H3,(H,16,19). The van der Waals surface area contributed by atoms with Gasteiger partial charge in [0.1, 0.15) is 0 Å². The van der Waals surface area contributed by atoms with Crippen molar-refractivity contribution in [2.45, 2.75) is 38.6 Å². The zero-order valence-electron chi connectivity index (χ0n) is 12.2. The summed E-state index contributed by atoms with van der Waals surface area (Å²) in [5, 5.41) is 6.12. The summed E-state index contributed by atoms with van der Waals surface area (Å²) in [6, 6.07) is 0.0217. The van der Waals surface area contributed by atoms with Crippen molar-refractivity contribution in [1.29, 1.82) is 0 Å². The number of carbonyl (C=O) groups excluding carboxylic acids is 2. The molecule has 2 unspecified atom stereocenters. The van der Waals surface area contributed by atoms with Gasteiger partial charge in [0, 0.05) is 25.6 Å². The molecule has 2 aliphatic rings. The van der Waals surface area contributed by atoms with Gasteiger partial charge in [0.2, 0.25) is 5.91 Å². The summed E-state index contributed by atoms with van der Waals surface area (Å²) in [4.78, 5) is 25.6. The second-order valence-electron chi connectivity index (χ2n) is 5.61. The normalized spacial score (nSPS) is 26.4. The fourth-order valence-electron chi connectivity index (χ4n) is 2.93. The quantitative estimate of drug-likeness (QED) is 0.797. The lowest BCUT2D eigenvalue weighted by atomic mass is 10.0. The average molecular weight is 283 g/mol. The van der Waals surface area contributed by atoms with Crippen LogP contribution in [-0.2, 0) is 9.53 Å². The lowest BCUT2D eigenvalue weighted by Gasteiger charge is -2.33. The molecule has 0 aromatic heterocycles. The lowest BCUT2D eigenvalue weighted by Crippen LogP contribution is -2.50. The summed E-state index contributed by atoms with van der Waals surface area (Å²) in [5.74, 6) is 0.690. The van der Waals surface area contributed by atoms with E-state index in [1.165, 1.54) is 0 Å². The van der Waals surface area contributed by atoms with Crippen LogP contribution in [0, 0.1) is 5.92 Å². The molecular weight excluding hydrogens is 258 g/mol. The van der Waals surface area contributed by atoms with Crippen molar-refractivity contribution in [3.8, 4) is 0 Å². The summed E-state index contributed by atoms with van der Waals surface area (Å²) >= 11 is 0. The van der Waals surface area contributed by atoms with Crippen molar-refractivity contribution in [3.05, 3.63) is 0 Å². The van der Waals surface area contributed by atoms with E-state index in [0.29, 0.717) is 25.5 Å². The van der Waals surface area contributed by atoms with Gasteiger partial charge in [-0.3, -0.25) is 4.79 Å². The Kier molecular flexibility index (Phi) is 5.64. The van der Waals surface area contributed by atoms with E-state index in [1.54, 1.807) is 6.92 Å². The van der Waals surface area contributed by atoms with Gasteiger partial charge >= 0.3 is 6.09 Å². The molecule has 2 saturated heterocycles. The maximum atomic E-state index is 12.3. The first-order valence-electron chi connectivity index (χ1n) is 7.60. The molecule has 114 valence electrons. The minimum atomic E-state index is -0.383. The molecule has 0 radical (unpaired) electrons. The third-order valence-electron chi connectivity index (χ3n) is 4.00. The van der Waals surface area contributed by atoms with Crippen molar-refractivity contribution in [2.24, 2.45) is 5.92 Å². The van der Waals surface area contributed by atoms with Crippen molar-refractivity contribution in [3.63, 3.8) is 0 Å². The highest BCUT2D eigenvalue weighted by atomic mass is 16.5. The molecule has 0 bridgehead atoms. The van der Waals surface area contributed by atoms with Crippen LogP contribution in [0.1, 0.15) is 32.6 Å². The topological polar surface area (TPSA) is 70.7 Å². The van der Waals surface area contributed by atoms with E-state index in [9.17, 15) is 9.59 Å². The lowest BCUT2D eigenvalue weighted by molar-refractivity contribution is -0.133. The van der Waals surface area contributed by atoms with Gasteiger partial charge in [0.15, 0.2) is 0 Å². The van der Waals surface area contributed by atoms with Crippen LogP contribution in [0.4, 0.5) is 4.79 Å². The minimum absolute atomic E-state index is 0.0217. The molecule has 2 aliphatic heterocycles. The Balaban J connectivity index is 1.76. The van der Waals surface area contributed by atoms with Gasteiger partial charge in [-0.25, -0.2) is 4.79 Å². The molecule has 2 rings (SSSR count). The molecule has 20 heavy (non-hydrogen) atoms. The second-order valence-corrected chi connectivity index (χ2v) is 5.61. The highest BCUT2D eigenvalue weighted by Gasteiger charge is 2.27. The van der Waals surface area contributed by atoms with Crippen LogP contribution in [0.2, 0.25) is 0 Å². The first kappa shape index (κ1) is 15.1. The number of hydrogen-bond acceptors (Lipinski definition) is 4. The SMILES string of the molecule is CCOC(=O)NC1CCCN(C(=O)CC2CCNC2)C1. The maximum Gasteiger partial charge on any atom is 0.407 e. The van der Waals surface area contributed by atoms with Crippen LogP contribution >= 0.6 is 0 Å². The van der Waals surface area contributed by atoms with Crippen LogP contribution in [0.25, 0.3) is 0 Å². The largest absolute Gasteiger partial charge is 0.450 e. The Bertz CT molecular complexity index is 343. The summed E-state index contributed by atoms with van der Waals surface area (Å²) in [6.45, 7) is 5.54. The number of nitrogens with one attached hydrogen (secondary N) is 2. The number of amides is 2. The molecule has 2 N–H and O–H groups in total. The van der Waals surface area contributed by atoms with Crippen molar-refractivity contribution >= 4 is 12.0 Å². The van der Waals surface area contributed by atoms with E-state index < -0.39 is 0 Å². The van der Waals surface area contributed by atoms with E-state index in [-0.39, 0.29) is 18.0 Å². The molecule has 0 spiro atoms. The average Bonchev–Trinajstić information content (AvgIpc) is 2.92. The van der Waals surface area contributed by atoms with Crippen LogP contribution < -0.4 is 10.6 Å². The van der Waals surface area contributed by atoms with Gasteiger partial charge in [-0.05, 0) is 45.2 Å². The highest BCUT2D eigenvalue weighted by Crippen LogP contribution is 2.17. The highest BCUT2D eigenvalue weighted by molar-refractivity contribution is 5.77. The van der Waals surface area contributed by atoms with Gasteiger partial charge in [-0.1, -0.05) is 0 Å². The predicted molar refractivity (Wildman–Crippen MR) is 75.4 cm³/mol. The van der Waals surface area contributed by atoms with Crippen molar-refractivity contribution in [2.75, 3.05) is 32.8 Å². The van der Waals surface area contributed by atoms with E-state index >= 15 is 0 Å². The van der Waals surface area contributed by atoms with Gasteiger partial charge in [0.25, 0.3) is 0 Å². The molecular formula is C14H25N3O3. The van der Waals surface area contributed by atoms with Crippen molar-refractivity contribution < 1.29 is 14.3 Å². The Morgan fingerprint density at radius 3 is 2.95 bits per heavy atom. The zero-order chi connectivity index (χ0) is 14.4. The second kappa shape index (κ2) is 7.47. The van der Waals surface area contributed by atoms with Crippen LogP contribution in [0.15, 0.2) is 0 Å². The predicted octanol–water partition coefficient (Wildman–Crippen LogP) is 0.723. The number of piperidine rings is 1. The van der Waals surface area contributed by atoms with Gasteiger partial charge < -0.3 is 20.3 Å². The number of carbonyl (C=O) groups is 2. The fourth-order valence-corrected chi connectivity index (χ4v) is 2.93. The third-order valence-corrected chi connectivity index (χ3v) is 4.00. The summed E-state index contributed by atoms with van der Waals surface area (Å²) < 4.78 is 4.89. The number of likely N-dealkylation sites (tertiary alicyclic amines) is 1. The summed E-state index contributed by atoms with van der Waals surface area (Å²) in [6.07, 6.45) is 3.18. The number of nitrogens with zero attached hydrogens (tertiary/aromatic N) is 1. The minimum Gasteiger partial charge on any atom is -0.450 e. The third kappa shape index (κ3) is 4.37. The molecule has 2 heterocycles. The molecule has 2 fully saturated rings. The fraction of sp³-hybridized carbons (Fsp3) is 0.857. The van der Waals surface area contributed by atoms with Crippen LogP contribution in [0.5, 0.6) is 0 Å². The first-order chi connectivity index (χ1) is 9.69. The molecule has 6 heteroatoms. The smallest absolute Gasteiger partial charge is 0.407 e. The molecule has 6 nitrogen and oxygen atoms in total. The number of hydrogen-bond donors (Lipinski definition) is 2. The zero-order valence-corrected chi connectivity index (χ0v) is 12.2. The monoisotopic (exact) mass is 283 g/mol. The molecule has 0 aromatic rings. The van der Waals surface area contributed by atoms with Crippen molar-refractivity contribution in [1.82, 2.24) is 15.5 Å². The van der Waals surface area contributed by atoms with E-state index in [0.717, 1.165) is 38.9 Å². The molecule has 0 aliphatic carbocycles. The van der Waals surface area contributed by atoms with Crippen LogP contribution in [-0.4, -0.2) is 55.7 Å². The first-order valence-corrected chi connectivity index (χ1v) is 7.60. The molecule has 2 amide bonds. The van der Waals surface area contributed by atoms with Gasteiger partial charge in [0.05, 0.1) is 6.61 Å². The van der Waals surface area contributed by atoms with E-state index in [2.05, 4.69) is 10.6 Å². The Hall–Kier alpha value is -1.30. The summed E-state index contributed by atoms with van der Waals surface area (Å²) in [5.41, 5.74) is 0. The molecule has 0 aromatic carbocycles. The van der Waals surface area contributed by atoms with E-state index in [1.807, 2.05) is 4.90 Å². The number of ether oxygens (including phenoxy) is 1. The maximum absolute atomic E-state index is 12.3. The Morgan fingerprint density at radius 2 is 2.25 bits per heavy atom. The van der Waals surface area contributed by atoms with Gasteiger partial charge in [-0.15, -0.1) is 0 Å². The van der Waals surface area contributed by atoms with Crippen LogP contribution in [0.3, 0.4) is 0 Å². The summed E-state index contributed by atoms with van der Waals surface area (Å²) in [7, 11) is 0. The number of rotatable bonds is 4. The molecule has 0 saturated carbocycles. The Labute approximate surface area is 120 Å². The Morgan fingerprint density at radius 1 is 1.40 bits per heavy atom. The molecule has 2 atom stereocenters. The van der Waals surface area contributed by atoms with E-state index in [4.69, 9.17) is 4.74 Å².